The average molecular weight is 377 g/mol. The van der Waals surface area contributed by atoms with Crippen molar-refractivity contribution in [3.05, 3.63) is 29.7 Å². The molecule has 2 aromatic heterocycles. The molecule has 0 bridgehead atoms. The molecule has 1 aliphatic heterocycles. The maximum absolute atomic E-state index is 12.3. The van der Waals surface area contributed by atoms with Crippen LogP contribution in [0.5, 0.6) is 0 Å². The molecule has 1 aliphatic rings. The van der Waals surface area contributed by atoms with Crippen LogP contribution in [-0.2, 0) is 33.8 Å². The molecule has 0 unspecified atom stereocenters. The molecule has 0 aliphatic carbocycles. The normalized spacial score (nSPS) is 15.4. The van der Waals surface area contributed by atoms with Gasteiger partial charge in [-0.05, 0) is 25.3 Å². The predicted octanol–water partition coefficient (Wildman–Crippen LogP) is 1.36. The van der Waals surface area contributed by atoms with Crippen molar-refractivity contribution in [3.63, 3.8) is 0 Å². The Balaban J connectivity index is 1.31. The monoisotopic (exact) mass is 377 g/mol. The Morgan fingerprint density at radius 1 is 1.37 bits per heavy atom. The van der Waals surface area contributed by atoms with Crippen LogP contribution in [0, 0.1) is 6.92 Å². The van der Waals surface area contributed by atoms with Gasteiger partial charge in [0.1, 0.15) is 6.61 Å². The molecule has 0 saturated carbocycles. The van der Waals surface area contributed by atoms with Crippen LogP contribution in [0.4, 0.5) is 0 Å². The van der Waals surface area contributed by atoms with Gasteiger partial charge < -0.3 is 18.9 Å². The third-order valence-corrected chi connectivity index (χ3v) is 4.57. The quantitative estimate of drug-likeness (QED) is 0.651. The Kier molecular flexibility index (Phi) is 6.94. The van der Waals surface area contributed by atoms with Gasteiger partial charge in [0.05, 0.1) is 18.9 Å². The lowest BCUT2D eigenvalue weighted by Gasteiger charge is -2.32. The molecule has 1 saturated heterocycles. The number of carbonyl (C=O) groups is 1. The summed E-state index contributed by atoms with van der Waals surface area (Å²) in [4.78, 5) is 18.5. The van der Waals surface area contributed by atoms with E-state index in [0.717, 1.165) is 31.5 Å². The van der Waals surface area contributed by atoms with Gasteiger partial charge in [0, 0.05) is 45.8 Å². The summed E-state index contributed by atoms with van der Waals surface area (Å²) in [5, 5.41) is 8.11. The standard InChI is InChI=1S/C18H27N5O4/c1-14-11-19-23(12-14)9-5-18(24)22-7-3-15(4-8-22)26-10-6-16-20-17(13-25-2)27-21-16/h11-12,15H,3-10,13H2,1-2H3. The van der Waals surface area contributed by atoms with Gasteiger partial charge in [-0.25, -0.2) is 0 Å². The summed E-state index contributed by atoms with van der Waals surface area (Å²) in [5.74, 6) is 1.28. The van der Waals surface area contributed by atoms with E-state index >= 15 is 0 Å². The summed E-state index contributed by atoms with van der Waals surface area (Å²) in [6, 6.07) is 0. The fourth-order valence-corrected chi connectivity index (χ4v) is 3.12. The van der Waals surface area contributed by atoms with Crippen molar-refractivity contribution in [2.75, 3.05) is 26.8 Å². The van der Waals surface area contributed by atoms with Crippen LogP contribution in [-0.4, -0.2) is 63.6 Å². The Labute approximate surface area is 158 Å². The van der Waals surface area contributed by atoms with Crippen molar-refractivity contribution >= 4 is 5.91 Å². The molecule has 2 aromatic rings. The van der Waals surface area contributed by atoms with Crippen molar-refractivity contribution in [3.8, 4) is 0 Å². The van der Waals surface area contributed by atoms with Gasteiger partial charge in [0.25, 0.3) is 5.89 Å². The van der Waals surface area contributed by atoms with Crippen LogP contribution in [0.15, 0.2) is 16.9 Å². The number of aromatic nitrogens is 4. The molecule has 3 rings (SSSR count). The number of hydrogen-bond donors (Lipinski definition) is 0. The largest absolute Gasteiger partial charge is 0.378 e. The molecule has 0 atom stereocenters. The second-order valence-electron chi connectivity index (χ2n) is 6.77. The van der Waals surface area contributed by atoms with E-state index in [0.29, 0.717) is 44.3 Å². The highest BCUT2D eigenvalue weighted by molar-refractivity contribution is 5.76. The Bertz CT molecular complexity index is 721. The molecule has 3 heterocycles. The minimum absolute atomic E-state index is 0.174. The summed E-state index contributed by atoms with van der Waals surface area (Å²) < 4.78 is 17.7. The van der Waals surface area contributed by atoms with Crippen LogP contribution in [0.25, 0.3) is 0 Å². The first kappa shape index (κ1) is 19.5. The van der Waals surface area contributed by atoms with Gasteiger partial charge in [-0.1, -0.05) is 5.16 Å². The molecule has 148 valence electrons. The third kappa shape index (κ3) is 5.86. The van der Waals surface area contributed by atoms with Crippen LogP contribution >= 0.6 is 0 Å². The van der Waals surface area contributed by atoms with E-state index < -0.39 is 0 Å². The van der Waals surface area contributed by atoms with E-state index in [1.165, 1.54) is 0 Å². The van der Waals surface area contributed by atoms with E-state index in [-0.39, 0.29) is 12.0 Å². The van der Waals surface area contributed by atoms with E-state index in [2.05, 4.69) is 15.2 Å². The molecule has 1 amide bonds. The maximum atomic E-state index is 12.3. The first-order valence-corrected chi connectivity index (χ1v) is 9.33. The molecule has 9 heteroatoms. The van der Waals surface area contributed by atoms with Crippen LogP contribution in [0.2, 0.25) is 0 Å². The van der Waals surface area contributed by atoms with Gasteiger partial charge in [0.2, 0.25) is 5.91 Å². The fourth-order valence-electron chi connectivity index (χ4n) is 3.12. The number of methoxy groups -OCH3 is 1. The lowest BCUT2D eigenvalue weighted by Crippen LogP contribution is -2.41. The van der Waals surface area contributed by atoms with Gasteiger partial charge >= 0.3 is 0 Å². The van der Waals surface area contributed by atoms with Crippen molar-refractivity contribution in [2.24, 2.45) is 0 Å². The smallest absolute Gasteiger partial charge is 0.252 e. The summed E-state index contributed by atoms with van der Waals surface area (Å²) in [5.41, 5.74) is 1.11. The van der Waals surface area contributed by atoms with E-state index in [9.17, 15) is 4.79 Å². The summed E-state index contributed by atoms with van der Waals surface area (Å²) in [7, 11) is 1.59. The second-order valence-corrected chi connectivity index (χ2v) is 6.77. The Hall–Kier alpha value is -2.26. The number of carbonyl (C=O) groups excluding carboxylic acids is 1. The average Bonchev–Trinajstić information content (AvgIpc) is 3.29. The number of hydrogen-bond acceptors (Lipinski definition) is 7. The highest BCUT2D eigenvalue weighted by Gasteiger charge is 2.23. The van der Waals surface area contributed by atoms with Gasteiger partial charge in [-0.15, -0.1) is 0 Å². The lowest BCUT2D eigenvalue weighted by atomic mass is 10.1. The number of likely N-dealkylation sites (tertiary alicyclic amines) is 1. The highest BCUT2D eigenvalue weighted by Crippen LogP contribution is 2.15. The van der Waals surface area contributed by atoms with E-state index in [4.69, 9.17) is 14.0 Å². The number of amides is 1. The molecule has 27 heavy (non-hydrogen) atoms. The number of ether oxygens (including phenoxy) is 2. The van der Waals surface area contributed by atoms with Gasteiger partial charge in [-0.2, -0.15) is 10.1 Å². The van der Waals surface area contributed by atoms with Crippen LogP contribution < -0.4 is 0 Å². The second kappa shape index (κ2) is 9.61. The molecule has 0 spiro atoms. The minimum atomic E-state index is 0.174. The van der Waals surface area contributed by atoms with Crippen molar-refractivity contribution < 1.29 is 18.8 Å². The zero-order valence-corrected chi connectivity index (χ0v) is 16.0. The summed E-state index contributed by atoms with van der Waals surface area (Å²) in [6.07, 6.45) is 6.73. The number of piperidine rings is 1. The SMILES string of the molecule is COCc1nc(CCOC2CCN(C(=O)CCn3cc(C)cn3)CC2)no1. The predicted molar refractivity (Wildman–Crippen MR) is 95.9 cm³/mol. The van der Waals surface area contributed by atoms with Crippen LogP contribution in [0.1, 0.15) is 36.5 Å². The number of aryl methyl sites for hydroxylation is 2. The highest BCUT2D eigenvalue weighted by atomic mass is 16.5. The van der Waals surface area contributed by atoms with E-state index in [1.807, 2.05) is 22.7 Å². The molecule has 0 aromatic carbocycles. The fraction of sp³-hybridized carbons (Fsp3) is 0.667. The first-order chi connectivity index (χ1) is 13.1. The maximum Gasteiger partial charge on any atom is 0.252 e. The lowest BCUT2D eigenvalue weighted by molar-refractivity contribution is -0.134. The Morgan fingerprint density at radius 3 is 2.89 bits per heavy atom. The molecule has 0 N–H and O–H groups in total. The van der Waals surface area contributed by atoms with Crippen molar-refractivity contribution in [2.45, 2.75) is 51.9 Å². The minimum Gasteiger partial charge on any atom is -0.378 e. The van der Waals surface area contributed by atoms with Crippen LogP contribution in [0.3, 0.4) is 0 Å². The zero-order chi connectivity index (χ0) is 19.1. The number of rotatable bonds is 9. The van der Waals surface area contributed by atoms with Crippen molar-refractivity contribution in [1.29, 1.82) is 0 Å². The summed E-state index contributed by atoms with van der Waals surface area (Å²) >= 11 is 0. The molecular formula is C18H27N5O4. The third-order valence-electron chi connectivity index (χ3n) is 4.57. The zero-order valence-electron chi connectivity index (χ0n) is 16.0. The Morgan fingerprint density at radius 2 is 2.19 bits per heavy atom. The molecular weight excluding hydrogens is 350 g/mol. The first-order valence-electron chi connectivity index (χ1n) is 9.33. The molecule has 0 radical (unpaired) electrons. The van der Waals surface area contributed by atoms with Gasteiger partial charge in [-0.3, -0.25) is 9.48 Å². The van der Waals surface area contributed by atoms with E-state index in [1.54, 1.807) is 13.3 Å². The molecule has 1 fully saturated rings. The number of nitrogens with zero attached hydrogens (tertiary/aromatic N) is 5. The topological polar surface area (TPSA) is 95.5 Å². The van der Waals surface area contributed by atoms with Gasteiger partial charge in [0.15, 0.2) is 5.82 Å². The molecule has 9 nitrogen and oxygen atoms in total. The summed E-state index contributed by atoms with van der Waals surface area (Å²) in [6.45, 7) is 4.96. The van der Waals surface area contributed by atoms with Crippen molar-refractivity contribution in [1.82, 2.24) is 24.8 Å².